The van der Waals surface area contributed by atoms with Crippen LogP contribution >= 0.6 is 0 Å². The van der Waals surface area contributed by atoms with Crippen LogP contribution in [0, 0.1) is 10.8 Å². The van der Waals surface area contributed by atoms with Crippen LogP contribution in [0.1, 0.15) is 12.8 Å². The molecule has 1 fully saturated rings. The van der Waals surface area contributed by atoms with Crippen molar-refractivity contribution in [1.29, 1.82) is 0 Å². The Balaban J connectivity index is 1.63. The summed E-state index contributed by atoms with van der Waals surface area (Å²) in [6.07, 6.45) is -3.88. The zero-order chi connectivity index (χ0) is 22.3. The second kappa shape index (κ2) is 10.3. The van der Waals surface area contributed by atoms with Gasteiger partial charge in [0.25, 0.3) is 0 Å². The monoisotopic (exact) mass is 438 g/mol. The van der Waals surface area contributed by atoms with E-state index in [-0.39, 0.29) is 12.8 Å². The van der Waals surface area contributed by atoms with Gasteiger partial charge in [0.1, 0.15) is 0 Å². The summed E-state index contributed by atoms with van der Waals surface area (Å²) in [4.78, 5) is 17.2. The lowest BCUT2D eigenvalue weighted by atomic mass is 9.96. The Hall–Kier alpha value is -3.01. The molecule has 0 aromatic heterocycles. The molecule has 0 atom stereocenters. The van der Waals surface area contributed by atoms with Crippen molar-refractivity contribution in [2.75, 3.05) is 48.9 Å². The first-order valence-electron chi connectivity index (χ1n) is 9.96. The van der Waals surface area contributed by atoms with Gasteiger partial charge in [0, 0.05) is 43.8 Å². The minimum absolute atomic E-state index is 0.117. The lowest BCUT2D eigenvalue weighted by molar-refractivity contribution is -0.179. The van der Waals surface area contributed by atoms with E-state index in [0.29, 0.717) is 37.7 Å². The van der Waals surface area contributed by atoms with Crippen molar-refractivity contribution < 1.29 is 22.7 Å². The van der Waals surface area contributed by atoms with Gasteiger partial charge in [-0.3, -0.25) is 0 Å². The Labute approximate surface area is 178 Å². The van der Waals surface area contributed by atoms with Gasteiger partial charge in [-0.1, -0.05) is 0 Å². The summed E-state index contributed by atoms with van der Waals surface area (Å²) in [5.74, 6) is -0.910. The lowest BCUT2D eigenvalue weighted by Crippen LogP contribution is -2.38. The zero-order valence-corrected chi connectivity index (χ0v) is 17.1. The smallest absolute Gasteiger partial charge is 0.383 e. The molecule has 168 valence electrons. The summed E-state index contributed by atoms with van der Waals surface area (Å²) in [6.45, 7) is 1.78. The normalized spacial score (nSPS) is 14.9. The number of ether oxygens (including phenoxy) is 1. The van der Waals surface area contributed by atoms with Crippen LogP contribution in [-0.2, 0) is 4.74 Å². The number of nitrogens with zero attached hydrogens (tertiary/aromatic N) is 2. The molecule has 0 radical (unpaired) electrons. The first-order chi connectivity index (χ1) is 14.9. The molecule has 0 spiro atoms. The molecule has 1 aliphatic heterocycles. The summed E-state index contributed by atoms with van der Waals surface area (Å²) < 4.78 is 43.6. The molecule has 2 aromatic rings. The van der Waals surface area contributed by atoms with E-state index in [1.807, 2.05) is 29.2 Å². The van der Waals surface area contributed by atoms with E-state index in [1.165, 1.54) is 0 Å². The van der Waals surface area contributed by atoms with E-state index in [0.717, 1.165) is 17.1 Å². The molecule has 0 unspecified atom stereocenters. The van der Waals surface area contributed by atoms with E-state index < -0.39 is 12.1 Å². The minimum atomic E-state index is -4.11. The maximum Gasteiger partial charge on any atom is 0.391 e. The average Bonchev–Trinajstić information content (AvgIpc) is 2.76. The summed E-state index contributed by atoms with van der Waals surface area (Å²) >= 11 is 0. The molecule has 1 heterocycles. The van der Waals surface area contributed by atoms with Crippen LogP contribution in [0.5, 0.6) is 5.75 Å². The number of halogens is 3. The third kappa shape index (κ3) is 6.24. The molecular weight excluding hydrogens is 413 g/mol. The van der Waals surface area contributed by atoms with E-state index in [2.05, 4.69) is 16.0 Å². The van der Waals surface area contributed by atoms with Gasteiger partial charge in [-0.15, -0.1) is 4.91 Å². The highest BCUT2D eigenvalue weighted by Gasteiger charge is 2.41. The quantitative estimate of drug-likeness (QED) is 0.313. The molecule has 0 amide bonds. The highest BCUT2D eigenvalue weighted by atomic mass is 19.4. The SMILES string of the molecule is COCCNc1cc(Nc2ccc(N3CCC(C(F)(F)F)CC3)cc2)ccc1ON=O. The molecule has 0 saturated carbocycles. The van der Waals surface area contributed by atoms with Crippen LogP contribution in [0.25, 0.3) is 0 Å². The number of benzene rings is 2. The molecular formula is C21H25F3N4O3. The number of piperidine rings is 1. The van der Waals surface area contributed by atoms with Crippen molar-refractivity contribution in [3.05, 3.63) is 47.4 Å². The highest BCUT2D eigenvalue weighted by molar-refractivity contribution is 5.70. The number of hydrogen-bond donors (Lipinski definition) is 2. The molecule has 3 rings (SSSR count). The first kappa shape index (κ1) is 22.7. The van der Waals surface area contributed by atoms with Gasteiger partial charge in [-0.05, 0) is 55.3 Å². The average molecular weight is 438 g/mol. The molecule has 1 aliphatic rings. The summed E-state index contributed by atoms with van der Waals surface area (Å²) in [7, 11) is 1.59. The highest BCUT2D eigenvalue weighted by Crippen LogP contribution is 2.36. The van der Waals surface area contributed by atoms with Crippen molar-refractivity contribution in [3.8, 4) is 5.75 Å². The fourth-order valence-electron chi connectivity index (χ4n) is 3.54. The molecule has 31 heavy (non-hydrogen) atoms. The fraction of sp³-hybridized carbons (Fsp3) is 0.429. The van der Waals surface area contributed by atoms with Crippen LogP contribution in [0.3, 0.4) is 0 Å². The van der Waals surface area contributed by atoms with Gasteiger partial charge in [0.15, 0.2) is 11.1 Å². The number of rotatable bonds is 9. The third-order valence-electron chi connectivity index (χ3n) is 5.22. The number of hydrogen-bond acceptors (Lipinski definition) is 7. The molecule has 7 nitrogen and oxygen atoms in total. The molecule has 1 saturated heterocycles. The Kier molecular flexibility index (Phi) is 7.56. The van der Waals surface area contributed by atoms with E-state index in [4.69, 9.17) is 9.57 Å². The van der Waals surface area contributed by atoms with Crippen LogP contribution < -0.4 is 20.4 Å². The van der Waals surface area contributed by atoms with Crippen LogP contribution in [0.15, 0.2) is 47.8 Å². The maximum absolute atomic E-state index is 12.8. The van der Waals surface area contributed by atoms with Gasteiger partial charge in [0.2, 0.25) is 0 Å². The standard InChI is InChI=1S/C21H25F3N4O3/c1-30-13-10-25-19-14-17(4-7-20(19)31-27-29)26-16-2-5-18(6-3-16)28-11-8-15(9-12-28)21(22,23)24/h2-7,14-15,25-26H,8-13H2,1H3. The van der Waals surface area contributed by atoms with E-state index in [1.54, 1.807) is 25.3 Å². The summed E-state index contributed by atoms with van der Waals surface area (Å²) in [6, 6.07) is 12.7. The largest absolute Gasteiger partial charge is 0.391 e. The number of alkyl halides is 3. The summed E-state index contributed by atoms with van der Waals surface area (Å²) in [5, 5.41) is 8.85. The van der Waals surface area contributed by atoms with Crippen molar-refractivity contribution in [1.82, 2.24) is 0 Å². The van der Waals surface area contributed by atoms with Crippen molar-refractivity contribution in [3.63, 3.8) is 0 Å². The third-order valence-corrected chi connectivity index (χ3v) is 5.22. The summed E-state index contributed by atoms with van der Waals surface area (Å²) in [5.41, 5.74) is 3.07. The Morgan fingerprint density at radius 1 is 1.10 bits per heavy atom. The van der Waals surface area contributed by atoms with Gasteiger partial charge in [0.05, 0.1) is 18.2 Å². The van der Waals surface area contributed by atoms with Crippen molar-refractivity contribution in [2.24, 2.45) is 11.3 Å². The predicted octanol–water partition coefficient (Wildman–Crippen LogP) is 5.33. The van der Waals surface area contributed by atoms with Gasteiger partial charge < -0.3 is 25.1 Å². The Morgan fingerprint density at radius 2 is 1.77 bits per heavy atom. The number of anilines is 4. The molecule has 2 aromatic carbocycles. The van der Waals surface area contributed by atoms with Gasteiger partial charge in [-0.25, -0.2) is 0 Å². The molecule has 0 aliphatic carbocycles. The first-order valence-corrected chi connectivity index (χ1v) is 9.96. The van der Waals surface area contributed by atoms with Gasteiger partial charge >= 0.3 is 6.18 Å². The second-order valence-corrected chi connectivity index (χ2v) is 7.27. The van der Waals surface area contributed by atoms with Gasteiger partial charge in [-0.2, -0.15) is 13.2 Å². The van der Waals surface area contributed by atoms with E-state index in [9.17, 15) is 18.1 Å². The van der Waals surface area contributed by atoms with Crippen molar-refractivity contribution >= 4 is 22.7 Å². The minimum Gasteiger partial charge on any atom is -0.383 e. The topological polar surface area (TPSA) is 75.2 Å². The Bertz CT molecular complexity index is 854. The second-order valence-electron chi connectivity index (χ2n) is 7.27. The fourth-order valence-corrected chi connectivity index (χ4v) is 3.54. The van der Waals surface area contributed by atoms with Crippen LogP contribution in [-0.4, -0.2) is 39.5 Å². The molecule has 0 bridgehead atoms. The maximum atomic E-state index is 12.8. The Morgan fingerprint density at radius 3 is 2.39 bits per heavy atom. The zero-order valence-electron chi connectivity index (χ0n) is 17.1. The predicted molar refractivity (Wildman–Crippen MR) is 114 cm³/mol. The van der Waals surface area contributed by atoms with Crippen molar-refractivity contribution in [2.45, 2.75) is 19.0 Å². The lowest BCUT2D eigenvalue weighted by Gasteiger charge is -2.34. The van der Waals surface area contributed by atoms with Crippen LogP contribution in [0.4, 0.5) is 35.9 Å². The number of methoxy groups -OCH3 is 1. The van der Waals surface area contributed by atoms with E-state index >= 15 is 0 Å². The van der Waals surface area contributed by atoms with Crippen LogP contribution in [0.2, 0.25) is 0 Å². The molecule has 10 heteroatoms. The molecule has 2 N–H and O–H groups in total. The number of nitrogens with one attached hydrogen (secondary N) is 2.